The normalized spacial score (nSPS) is 12.1. The molecule has 2 heterocycles. The molecule has 0 fully saturated rings. The van der Waals surface area contributed by atoms with E-state index in [0.29, 0.717) is 5.16 Å². The van der Waals surface area contributed by atoms with E-state index in [1.165, 1.54) is 11.8 Å². The predicted octanol–water partition coefficient (Wildman–Crippen LogP) is 4.27. The van der Waals surface area contributed by atoms with Gasteiger partial charge in [0, 0.05) is 5.69 Å². The summed E-state index contributed by atoms with van der Waals surface area (Å²) in [5.41, 5.74) is 2.99. The van der Waals surface area contributed by atoms with Crippen molar-refractivity contribution in [1.82, 2.24) is 15.2 Å². The average Bonchev–Trinajstić information content (AvgIpc) is 3.21. The van der Waals surface area contributed by atoms with Gasteiger partial charge in [0.25, 0.3) is 0 Å². The van der Waals surface area contributed by atoms with Gasteiger partial charge in [0.15, 0.2) is 5.82 Å². The third-order valence-corrected chi connectivity index (χ3v) is 5.44. The average molecular weight is 358 g/mol. The van der Waals surface area contributed by atoms with Gasteiger partial charge in [-0.3, -0.25) is 9.89 Å². The van der Waals surface area contributed by atoms with E-state index in [1.54, 1.807) is 11.3 Å². The number of thioether (sulfide) groups is 1. The second-order valence-electron chi connectivity index (χ2n) is 5.46. The molecule has 2 aromatic heterocycles. The minimum atomic E-state index is -0.295. The Kier molecular flexibility index (Phi) is 5.01. The highest BCUT2D eigenvalue weighted by molar-refractivity contribution is 8.00. The van der Waals surface area contributed by atoms with E-state index in [9.17, 15) is 4.79 Å². The van der Waals surface area contributed by atoms with Crippen molar-refractivity contribution in [3.63, 3.8) is 0 Å². The van der Waals surface area contributed by atoms with E-state index in [1.807, 2.05) is 56.5 Å². The van der Waals surface area contributed by atoms with Crippen LogP contribution in [0.25, 0.3) is 10.7 Å². The van der Waals surface area contributed by atoms with Crippen molar-refractivity contribution < 1.29 is 4.79 Å². The summed E-state index contributed by atoms with van der Waals surface area (Å²) in [5.74, 6) is 0.676. The number of anilines is 1. The van der Waals surface area contributed by atoms with Crippen LogP contribution in [-0.4, -0.2) is 26.3 Å². The number of amides is 1. The van der Waals surface area contributed by atoms with E-state index >= 15 is 0 Å². The number of H-pyrrole nitrogens is 1. The number of nitrogens with one attached hydrogen (secondary N) is 2. The van der Waals surface area contributed by atoms with Crippen LogP contribution < -0.4 is 5.32 Å². The van der Waals surface area contributed by atoms with Crippen LogP contribution >= 0.6 is 23.1 Å². The maximum atomic E-state index is 12.5. The molecule has 3 rings (SSSR count). The smallest absolute Gasteiger partial charge is 0.237 e. The molecule has 0 bridgehead atoms. The van der Waals surface area contributed by atoms with Crippen molar-refractivity contribution in [2.75, 3.05) is 5.32 Å². The number of hydrogen-bond donors (Lipinski definition) is 2. The number of rotatable bonds is 5. The van der Waals surface area contributed by atoms with Gasteiger partial charge in [-0.1, -0.05) is 36.0 Å². The van der Waals surface area contributed by atoms with Gasteiger partial charge in [-0.15, -0.1) is 16.4 Å². The molecule has 1 amide bonds. The van der Waals surface area contributed by atoms with Crippen LogP contribution in [0.2, 0.25) is 0 Å². The highest BCUT2D eigenvalue weighted by Crippen LogP contribution is 2.26. The van der Waals surface area contributed by atoms with Gasteiger partial charge in [-0.05, 0) is 43.3 Å². The van der Waals surface area contributed by atoms with Gasteiger partial charge in [0.2, 0.25) is 11.1 Å². The van der Waals surface area contributed by atoms with Gasteiger partial charge >= 0.3 is 0 Å². The van der Waals surface area contributed by atoms with E-state index in [2.05, 4.69) is 20.5 Å². The summed E-state index contributed by atoms with van der Waals surface area (Å²) in [7, 11) is 0. The van der Waals surface area contributed by atoms with Crippen molar-refractivity contribution in [3.05, 3.63) is 46.8 Å². The van der Waals surface area contributed by atoms with Crippen molar-refractivity contribution in [2.45, 2.75) is 31.2 Å². The Labute approximate surface area is 148 Å². The molecule has 7 heteroatoms. The first-order chi connectivity index (χ1) is 11.5. The molecule has 124 valence electrons. The van der Waals surface area contributed by atoms with Gasteiger partial charge in [0.05, 0.1) is 10.1 Å². The lowest BCUT2D eigenvalue weighted by Gasteiger charge is -2.14. The van der Waals surface area contributed by atoms with E-state index in [-0.39, 0.29) is 11.2 Å². The molecule has 0 saturated heterocycles. The summed E-state index contributed by atoms with van der Waals surface area (Å²) in [6.07, 6.45) is 0. The molecule has 0 aliphatic rings. The fraction of sp³-hybridized carbons (Fsp3) is 0.235. The van der Waals surface area contributed by atoms with Crippen molar-refractivity contribution >= 4 is 34.7 Å². The number of aryl methyl sites for hydroxylation is 2. The predicted molar refractivity (Wildman–Crippen MR) is 99.6 cm³/mol. The van der Waals surface area contributed by atoms with Crippen LogP contribution in [0, 0.1) is 13.8 Å². The molecule has 0 unspecified atom stereocenters. The first-order valence-corrected chi connectivity index (χ1v) is 9.30. The number of carbonyl (C=O) groups excluding carboxylic acids is 1. The van der Waals surface area contributed by atoms with E-state index in [0.717, 1.165) is 27.5 Å². The quantitative estimate of drug-likeness (QED) is 0.668. The lowest BCUT2D eigenvalue weighted by Crippen LogP contribution is -2.23. The fourth-order valence-electron chi connectivity index (χ4n) is 2.27. The third-order valence-electron chi connectivity index (χ3n) is 3.60. The topological polar surface area (TPSA) is 70.7 Å². The molecule has 1 aromatic carbocycles. The SMILES string of the molecule is Cc1cccc(C)c1NC(=O)[C@H](C)Sc1n[nH]c(-c2cccs2)n1. The molecular weight excluding hydrogens is 340 g/mol. The fourth-order valence-corrected chi connectivity index (χ4v) is 3.66. The monoisotopic (exact) mass is 358 g/mol. The lowest BCUT2D eigenvalue weighted by molar-refractivity contribution is -0.115. The zero-order valence-corrected chi connectivity index (χ0v) is 15.3. The third kappa shape index (κ3) is 3.68. The van der Waals surface area contributed by atoms with Crippen molar-refractivity contribution in [3.8, 4) is 10.7 Å². The second-order valence-corrected chi connectivity index (χ2v) is 7.72. The van der Waals surface area contributed by atoms with Crippen LogP contribution in [0.4, 0.5) is 5.69 Å². The Morgan fingerprint density at radius 2 is 2.00 bits per heavy atom. The Morgan fingerprint density at radius 1 is 1.25 bits per heavy atom. The van der Waals surface area contributed by atoms with Crippen molar-refractivity contribution in [1.29, 1.82) is 0 Å². The second kappa shape index (κ2) is 7.19. The summed E-state index contributed by atoms with van der Waals surface area (Å²) in [4.78, 5) is 17.9. The Hall–Kier alpha value is -2.12. The zero-order chi connectivity index (χ0) is 17.1. The molecule has 24 heavy (non-hydrogen) atoms. The minimum Gasteiger partial charge on any atom is -0.325 e. The first-order valence-electron chi connectivity index (χ1n) is 7.54. The van der Waals surface area contributed by atoms with E-state index < -0.39 is 0 Å². The molecule has 0 aliphatic carbocycles. The number of benzene rings is 1. The first kappa shape index (κ1) is 16.7. The highest BCUT2D eigenvalue weighted by atomic mass is 32.2. The zero-order valence-electron chi connectivity index (χ0n) is 13.7. The highest BCUT2D eigenvalue weighted by Gasteiger charge is 2.19. The Morgan fingerprint density at radius 3 is 2.67 bits per heavy atom. The van der Waals surface area contributed by atoms with E-state index in [4.69, 9.17) is 0 Å². The number of para-hydroxylation sites is 1. The number of carbonyl (C=O) groups is 1. The molecule has 0 radical (unpaired) electrons. The number of aromatic amines is 1. The maximum absolute atomic E-state index is 12.5. The maximum Gasteiger partial charge on any atom is 0.237 e. The molecule has 3 aromatic rings. The van der Waals surface area contributed by atoms with Gasteiger partial charge in [0.1, 0.15) is 0 Å². The number of aromatic nitrogens is 3. The summed E-state index contributed by atoms with van der Waals surface area (Å²) in [5, 5.41) is 12.4. The molecule has 0 aliphatic heterocycles. The van der Waals surface area contributed by atoms with Crippen molar-refractivity contribution in [2.24, 2.45) is 0 Å². The lowest BCUT2D eigenvalue weighted by atomic mass is 10.1. The number of thiophene rings is 1. The molecule has 0 saturated carbocycles. The molecule has 0 spiro atoms. The van der Waals surface area contributed by atoms with Crippen LogP contribution in [0.5, 0.6) is 0 Å². The Balaban J connectivity index is 1.66. The van der Waals surface area contributed by atoms with Gasteiger partial charge < -0.3 is 5.32 Å². The molecule has 5 nitrogen and oxygen atoms in total. The van der Waals surface area contributed by atoms with Gasteiger partial charge in [-0.25, -0.2) is 4.98 Å². The summed E-state index contributed by atoms with van der Waals surface area (Å²) in [6, 6.07) is 9.91. The summed E-state index contributed by atoms with van der Waals surface area (Å²) < 4.78 is 0. The standard InChI is InChI=1S/C17H18N4OS2/c1-10-6-4-7-11(2)14(10)18-16(22)12(3)24-17-19-15(20-21-17)13-8-5-9-23-13/h4-9,12H,1-3H3,(H,18,22)(H,19,20,21)/t12-/m0/s1. The summed E-state index contributed by atoms with van der Waals surface area (Å²) in [6.45, 7) is 5.83. The largest absolute Gasteiger partial charge is 0.325 e. The van der Waals surface area contributed by atoms with Crippen LogP contribution in [0.1, 0.15) is 18.1 Å². The molecular formula is C17H18N4OS2. The number of nitrogens with zero attached hydrogens (tertiary/aromatic N) is 2. The van der Waals surface area contributed by atoms with Crippen LogP contribution in [-0.2, 0) is 4.79 Å². The van der Waals surface area contributed by atoms with Crippen LogP contribution in [0.15, 0.2) is 40.9 Å². The van der Waals surface area contributed by atoms with Gasteiger partial charge in [-0.2, -0.15) is 0 Å². The Bertz CT molecular complexity index is 822. The number of hydrogen-bond acceptors (Lipinski definition) is 5. The summed E-state index contributed by atoms with van der Waals surface area (Å²) >= 11 is 2.94. The van der Waals surface area contributed by atoms with Crippen LogP contribution in [0.3, 0.4) is 0 Å². The molecule has 1 atom stereocenters. The minimum absolute atomic E-state index is 0.0557. The molecule has 2 N–H and O–H groups in total.